The van der Waals surface area contributed by atoms with Crippen LogP contribution in [0.15, 0.2) is 39.0 Å². The zero-order valence-corrected chi connectivity index (χ0v) is 20.2. The van der Waals surface area contributed by atoms with Crippen molar-refractivity contribution in [2.45, 2.75) is 31.7 Å². The number of ketones is 1. The zero-order chi connectivity index (χ0) is 24.6. The largest absolute Gasteiger partial charge is 0.485 e. The van der Waals surface area contributed by atoms with Crippen LogP contribution < -0.4 is 26.5 Å². The summed E-state index contributed by atoms with van der Waals surface area (Å²) in [5.41, 5.74) is 4.65. The van der Waals surface area contributed by atoms with E-state index >= 15 is 0 Å². The van der Waals surface area contributed by atoms with E-state index in [-0.39, 0.29) is 29.7 Å². The molecule has 11 nitrogen and oxygen atoms in total. The lowest BCUT2D eigenvalue weighted by Crippen LogP contribution is -2.43. The van der Waals surface area contributed by atoms with Crippen LogP contribution in [-0.4, -0.2) is 42.0 Å². The minimum Gasteiger partial charge on any atom is -0.485 e. The van der Waals surface area contributed by atoms with Gasteiger partial charge in [0.15, 0.2) is 34.4 Å². The number of nitrogens with two attached hydrogens (primary N) is 1. The molecule has 0 saturated carbocycles. The standard InChI is InChI=1S/C22H26N6O5S/c1-12(2)9-28-18(23)17(20(30)27(4)22(28)31)13(29)11-34-21-25-24-19(26(21)3)16-10-32-14-7-5-6-8-15(14)33-16/h5-8,12,16H,9-11,23H2,1-4H3. The van der Waals surface area contributed by atoms with Crippen molar-refractivity contribution in [3.05, 3.63) is 56.5 Å². The second-order valence-electron chi connectivity index (χ2n) is 8.39. The fourth-order valence-corrected chi connectivity index (χ4v) is 4.46. The summed E-state index contributed by atoms with van der Waals surface area (Å²) < 4.78 is 15.6. The van der Waals surface area contributed by atoms with Crippen LogP contribution in [0.2, 0.25) is 0 Å². The van der Waals surface area contributed by atoms with Crippen LogP contribution in [0, 0.1) is 5.92 Å². The quantitative estimate of drug-likeness (QED) is 0.388. The third kappa shape index (κ3) is 4.32. The smallest absolute Gasteiger partial charge is 0.332 e. The Hall–Kier alpha value is -3.54. The highest BCUT2D eigenvalue weighted by Gasteiger charge is 2.28. The van der Waals surface area contributed by atoms with Crippen molar-refractivity contribution in [3.63, 3.8) is 0 Å². The maximum absolute atomic E-state index is 13.0. The highest BCUT2D eigenvalue weighted by molar-refractivity contribution is 7.99. The Morgan fingerprint density at radius 3 is 2.59 bits per heavy atom. The summed E-state index contributed by atoms with van der Waals surface area (Å²) in [4.78, 5) is 38.1. The van der Waals surface area contributed by atoms with Crippen molar-refractivity contribution in [1.29, 1.82) is 0 Å². The highest BCUT2D eigenvalue weighted by atomic mass is 32.2. The predicted octanol–water partition coefficient (Wildman–Crippen LogP) is 1.40. The van der Waals surface area contributed by atoms with Gasteiger partial charge < -0.3 is 19.8 Å². The summed E-state index contributed by atoms with van der Waals surface area (Å²) in [5, 5.41) is 8.84. The molecule has 2 N–H and O–H groups in total. The molecule has 0 amide bonds. The van der Waals surface area contributed by atoms with Gasteiger partial charge in [0.2, 0.25) is 0 Å². The number of aromatic nitrogens is 5. The first kappa shape index (κ1) is 23.6. The van der Waals surface area contributed by atoms with E-state index in [4.69, 9.17) is 15.2 Å². The molecule has 1 unspecified atom stereocenters. The molecule has 2 aromatic heterocycles. The number of nitrogen functional groups attached to an aromatic ring is 1. The molecule has 0 saturated heterocycles. The van der Waals surface area contributed by atoms with Crippen LogP contribution in [-0.2, 0) is 20.6 Å². The number of ether oxygens (including phenoxy) is 2. The predicted molar refractivity (Wildman–Crippen MR) is 127 cm³/mol. The first-order chi connectivity index (χ1) is 16.2. The molecule has 0 bridgehead atoms. The summed E-state index contributed by atoms with van der Waals surface area (Å²) in [5.74, 6) is 1.23. The monoisotopic (exact) mass is 486 g/mol. The lowest BCUT2D eigenvalue weighted by atomic mass is 10.2. The molecule has 0 fully saturated rings. The van der Waals surface area contributed by atoms with Gasteiger partial charge in [0, 0.05) is 20.6 Å². The molecule has 3 aromatic rings. The van der Waals surface area contributed by atoms with Crippen molar-refractivity contribution in [1.82, 2.24) is 23.9 Å². The van der Waals surface area contributed by atoms with Crippen LogP contribution in [0.4, 0.5) is 5.82 Å². The number of Topliss-reactive ketones (excluding diaryl/α,β-unsaturated/α-hetero) is 1. The maximum Gasteiger partial charge on any atom is 0.332 e. The van der Waals surface area contributed by atoms with Gasteiger partial charge in [-0.15, -0.1) is 10.2 Å². The van der Waals surface area contributed by atoms with Gasteiger partial charge in [0.1, 0.15) is 18.0 Å². The number of carbonyl (C=O) groups excluding carboxylic acids is 1. The molecule has 1 aliphatic heterocycles. The maximum atomic E-state index is 13.0. The Morgan fingerprint density at radius 2 is 1.88 bits per heavy atom. The molecule has 0 spiro atoms. The average molecular weight is 487 g/mol. The second kappa shape index (κ2) is 9.37. The van der Waals surface area contributed by atoms with Crippen LogP contribution in [0.25, 0.3) is 0 Å². The molecule has 1 aromatic carbocycles. The van der Waals surface area contributed by atoms with Gasteiger partial charge in [-0.1, -0.05) is 37.7 Å². The van der Waals surface area contributed by atoms with Crippen LogP contribution in [0.1, 0.15) is 36.1 Å². The number of para-hydroxylation sites is 2. The van der Waals surface area contributed by atoms with Crippen molar-refractivity contribution in [3.8, 4) is 11.5 Å². The molecule has 12 heteroatoms. The average Bonchev–Trinajstić information content (AvgIpc) is 3.19. The van der Waals surface area contributed by atoms with Gasteiger partial charge in [0.25, 0.3) is 5.56 Å². The molecular weight excluding hydrogens is 460 g/mol. The van der Waals surface area contributed by atoms with Crippen molar-refractivity contribution in [2.75, 3.05) is 18.1 Å². The Balaban J connectivity index is 1.53. The number of rotatable bonds is 7. The molecule has 1 aliphatic rings. The van der Waals surface area contributed by atoms with Gasteiger partial charge in [-0.25, -0.2) is 4.79 Å². The lowest BCUT2D eigenvalue weighted by Gasteiger charge is -2.25. The van der Waals surface area contributed by atoms with Gasteiger partial charge in [-0.2, -0.15) is 0 Å². The summed E-state index contributed by atoms with van der Waals surface area (Å²) >= 11 is 1.12. The van der Waals surface area contributed by atoms with Gasteiger partial charge in [-0.05, 0) is 18.1 Å². The molecule has 180 valence electrons. The van der Waals surface area contributed by atoms with Gasteiger partial charge in [-0.3, -0.25) is 18.7 Å². The summed E-state index contributed by atoms with van der Waals surface area (Å²) in [6, 6.07) is 7.37. The number of nitrogens with zero attached hydrogens (tertiary/aromatic N) is 5. The van der Waals surface area contributed by atoms with E-state index in [0.29, 0.717) is 29.0 Å². The van der Waals surface area contributed by atoms with Crippen LogP contribution >= 0.6 is 11.8 Å². The van der Waals surface area contributed by atoms with E-state index in [1.54, 1.807) is 11.6 Å². The topological polar surface area (TPSA) is 136 Å². The molecule has 34 heavy (non-hydrogen) atoms. The second-order valence-corrected chi connectivity index (χ2v) is 9.33. The van der Waals surface area contributed by atoms with Gasteiger partial charge >= 0.3 is 5.69 Å². The third-order valence-corrected chi connectivity index (χ3v) is 6.43. The van der Waals surface area contributed by atoms with E-state index in [1.165, 1.54) is 11.6 Å². The number of hydrogen-bond donors (Lipinski definition) is 1. The number of hydrogen-bond acceptors (Lipinski definition) is 9. The fraction of sp³-hybridized carbons (Fsp3) is 0.409. The summed E-state index contributed by atoms with van der Waals surface area (Å²) in [7, 11) is 3.10. The fourth-order valence-electron chi connectivity index (χ4n) is 3.67. The van der Waals surface area contributed by atoms with E-state index in [9.17, 15) is 14.4 Å². The van der Waals surface area contributed by atoms with Crippen LogP contribution in [0.5, 0.6) is 11.5 Å². The number of fused-ring (bicyclic) bond motifs is 1. The molecular formula is C22H26N6O5S. The highest BCUT2D eigenvalue weighted by Crippen LogP contribution is 2.35. The van der Waals surface area contributed by atoms with E-state index < -0.39 is 23.1 Å². The minimum atomic E-state index is -0.710. The normalized spacial score (nSPS) is 15.0. The van der Waals surface area contributed by atoms with Crippen molar-refractivity contribution in [2.24, 2.45) is 20.0 Å². The van der Waals surface area contributed by atoms with E-state index in [2.05, 4.69) is 10.2 Å². The molecule has 4 rings (SSSR count). The Labute approximate surface area is 199 Å². The first-order valence-electron chi connectivity index (χ1n) is 10.7. The SMILES string of the molecule is CC(C)Cn1c(N)c(C(=O)CSc2nnc(C3COc4ccccc4O3)n2C)c(=O)n(C)c1=O. The molecule has 1 atom stereocenters. The van der Waals surface area contributed by atoms with Crippen molar-refractivity contribution < 1.29 is 14.3 Å². The first-order valence-corrected chi connectivity index (χ1v) is 11.7. The Bertz CT molecular complexity index is 1360. The summed E-state index contributed by atoms with van der Waals surface area (Å²) in [6.45, 7) is 4.40. The van der Waals surface area contributed by atoms with Gasteiger partial charge in [0.05, 0.1) is 5.75 Å². The Morgan fingerprint density at radius 1 is 1.18 bits per heavy atom. The number of thioether (sulfide) groups is 1. The minimum absolute atomic E-state index is 0.101. The zero-order valence-electron chi connectivity index (χ0n) is 19.3. The Kier molecular flexibility index (Phi) is 6.51. The van der Waals surface area contributed by atoms with Crippen LogP contribution in [0.3, 0.4) is 0 Å². The van der Waals surface area contributed by atoms with Crippen molar-refractivity contribution >= 4 is 23.4 Å². The number of benzene rings is 1. The molecule has 3 heterocycles. The molecule has 0 aliphatic carbocycles. The van der Waals surface area contributed by atoms with E-state index in [1.807, 2.05) is 38.1 Å². The number of anilines is 1. The van der Waals surface area contributed by atoms with E-state index in [0.717, 1.165) is 16.3 Å². The summed E-state index contributed by atoms with van der Waals surface area (Å²) in [6.07, 6.45) is -0.458. The lowest BCUT2D eigenvalue weighted by molar-refractivity contribution is 0.0825. The third-order valence-electron chi connectivity index (χ3n) is 5.41. The number of carbonyl (C=O) groups is 1. The molecule has 0 radical (unpaired) electrons.